The summed E-state index contributed by atoms with van der Waals surface area (Å²) in [5, 5.41) is 14.7. The molecule has 1 amide bonds. The number of unbranched alkanes of at least 4 members (excludes halogenated alkanes) is 4. The molecule has 0 fully saturated rings. The smallest absolute Gasteiger partial charge is 0.303 e. The van der Waals surface area contributed by atoms with Crippen LogP contribution in [0.3, 0.4) is 0 Å². The number of hydrogen-bond acceptors (Lipinski definition) is 3. The zero-order valence-electron chi connectivity index (χ0n) is 18.4. The minimum Gasteiger partial charge on any atom is -0.481 e. The third kappa shape index (κ3) is 7.69. The van der Waals surface area contributed by atoms with Crippen LogP contribution in [0.4, 0.5) is 5.69 Å². The summed E-state index contributed by atoms with van der Waals surface area (Å²) in [4.78, 5) is 26.5. The Balaban J connectivity index is 2.17. The zero-order chi connectivity index (χ0) is 21.8. The quantitative estimate of drug-likeness (QED) is 0.391. The van der Waals surface area contributed by atoms with E-state index in [2.05, 4.69) is 25.2 Å². The largest absolute Gasteiger partial charge is 0.481 e. The molecule has 2 rings (SSSR count). The van der Waals surface area contributed by atoms with E-state index in [9.17, 15) is 14.7 Å². The first-order valence-corrected chi connectivity index (χ1v) is 11.3. The Morgan fingerprint density at radius 1 is 0.933 bits per heavy atom. The monoisotopic (exact) mass is 412 g/mol. The SMILES string of the molecule is CCCCCN(CCCCC)C(=O)C(CCC(=O)O)Nc1ccc2ccccc2c1. The van der Waals surface area contributed by atoms with Gasteiger partial charge in [-0.1, -0.05) is 69.9 Å². The number of nitrogens with one attached hydrogen (secondary N) is 1. The van der Waals surface area contributed by atoms with Crippen LogP contribution in [0.25, 0.3) is 10.8 Å². The molecule has 2 aromatic carbocycles. The van der Waals surface area contributed by atoms with Gasteiger partial charge < -0.3 is 15.3 Å². The van der Waals surface area contributed by atoms with Crippen molar-refractivity contribution in [3.8, 4) is 0 Å². The Morgan fingerprint density at radius 2 is 1.57 bits per heavy atom. The number of carbonyl (C=O) groups excluding carboxylic acids is 1. The van der Waals surface area contributed by atoms with Gasteiger partial charge in [-0.3, -0.25) is 9.59 Å². The molecule has 0 bridgehead atoms. The number of aliphatic carboxylic acids is 1. The number of nitrogens with zero attached hydrogens (tertiary/aromatic N) is 1. The molecule has 1 unspecified atom stereocenters. The average Bonchev–Trinajstić information content (AvgIpc) is 2.75. The molecular formula is C25H36N2O3. The lowest BCUT2D eigenvalue weighted by molar-refractivity contribution is -0.137. The van der Waals surface area contributed by atoms with Crippen LogP contribution in [-0.4, -0.2) is 41.0 Å². The van der Waals surface area contributed by atoms with Crippen LogP contribution in [0.5, 0.6) is 0 Å². The summed E-state index contributed by atoms with van der Waals surface area (Å²) in [5.74, 6) is -0.867. The van der Waals surface area contributed by atoms with Crippen molar-refractivity contribution in [2.75, 3.05) is 18.4 Å². The Hall–Kier alpha value is -2.56. The number of fused-ring (bicyclic) bond motifs is 1. The highest BCUT2D eigenvalue weighted by atomic mass is 16.4. The number of rotatable bonds is 14. The van der Waals surface area contributed by atoms with E-state index < -0.39 is 12.0 Å². The van der Waals surface area contributed by atoms with E-state index in [1.165, 1.54) is 0 Å². The molecule has 2 aromatic rings. The van der Waals surface area contributed by atoms with E-state index >= 15 is 0 Å². The maximum atomic E-state index is 13.4. The second-order valence-corrected chi connectivity index (χ2v) is 7.93. The minimum absolute atomic E-state index is 0.0108. The number of carboxylic acids is 1. The van der Waals surface area contributed by atoms with Crippen molar-refractivity contribution in [2.24, 2.45) is 0 Å². The van der Waals surface area contributed by atoms with E-state index in [4.69, 9.17) is 0 Å². The molecule has 0 radical (unpaired) electrons. The molecule has 0 aromatic heterocycles. The lowest BCUT2D eigenvalue weighted by atomic mass is 10.1. The predicted octanol–water partition coefficient (Wildman–Crippen LogP) is 5.69. The van der Waals surface area contributed by atoms with Gasteiger partial charge in [-0.15, -0.1) is 0 Å². The van der Waals surface area contributed by atoms with Crippen molar-refractivity contribution in [3.63, 3.8) is 0 Å². The second kappa shape index (κ2) is 12.9. The molecule has 0 saturated heterocycles. The Kier molecular flexibility index (Phi) is 10.2. The molecule has 2 N–H and O–H groups in total. The number of amides is 1. The summed E-state index contributed by atoms with van der Waals surface area (Å²) < 4.78 is 0. The molecule has 0 aliphatic carbocycles. The first-order chi connectivity index (χ1) is 14.5. The van der Waals surface area contributed by atoms with Gasteiger partial charge in [0.2, 0.25) is 5.91 Å². The van der Waals surface area contributed by atoms with Gasteiger partial charge in [0, 0.05) is 25.2 Å². The molecule has 164 valence electrons. The van der Waals surface area contributed by atoms with Gasteiger partial charge >= 0.3 is 5.97 Å². The second-order valence-electron chi connectivity index (χ2n) is 7.93. The Morgan fingerprint density at radius 3 is 2.17 bits per heavy atom. The van der Waals surface area contributed by atoms with E-state index in [0.29, 0.717) is 0 Å². The third-order valence-corrected chi connectivity index (χ3v) is 5.41. The summed E-state index contributed by atoms with van der Waals surface area (Å²) in [6.45, 7) is 5.78. The molecule has 5 heteroatoms. The Bertz CT molecular complexity index is 796. The standard InChI is InChI=1S/C25H36N2O3/c1-3-5-9-17-27(18-10-6-4-2)25(30)23(15-16-24(28)29)26-22-14-13-20-11-7-8-12-21(20)19-22/h7-8,11-14,19,23,26H,3-6,9-10,15-18H2,1-2H3,(H,28,29). The number of carboxylic acid groups (broad SMARTS) is 1. The van der Waals surface area contributed by atoms with Crippen LogP contribution in [0.2, 0.25) is 0 Å². The van der Waals surface area contributed by atoms with Crippen molar-refractivity contribution >= 4 is 28.3 Å². The molecule has 5 nitrogen and oxygen atoms in total. The molecule has 0 aliphatic rings. The van der Waals surface area contributed by atoms with Gasteiger partial charge in [-0.2, -0.15) is 0 Å². The molecule has 0 aliphatic heterocycles. The summed E-state index contributed by atoms with van der Waals surface area (Å²) in [6, 6.07) is 13.5. The molecule has 0 heterocycles. The highest BCUT2D eigenvalue weighted by Gasteiger charge is 2.24. The first kappa shape index (κ1) is 23.7. The fraction of sp³-hybridized carbons (Fsp3) is 0.520. The minimum atomic E-state index is -0.878. The number of hydrogen-bond donors (Lipinski definition) is 2. The van der Waals surface area contributed by atoms with Crippen molar-refractivity contribution in [2.45, 2.75) is 71.3 Å². The highest BCUT2D eigenvalue weighted by molar-refractivity contribution is 5.88. The van der Waals surface area contributed by atoms with Gasteiger partial charge in [-0.05, 0) is 42.2 Å². The van der Waals surface area contributed by atoms with Crippen molar-refractivity contribution in [3.05, 3.63) is 42.5 Å². The summed E-state index contributed by atoms with van der Waals surface area (Å²) in [7, 11) is 0. The number of anilines is 1. The van der Waals surface area contributed by atoms with E-state index in [0.717, 1.165) is 68.1 Å². The fourth-order valence-corrected chi connectivity index (χ4v) is 3.66. The molecule has 0 saturated carbocycles. The fourth-order valence-electron chi connectivity index (χ4n) is 3.66. The maximum absolute atomic E-state index is 13.4. The molecular weight excluding hydrogens is 376 g/mol. The van der Waals surface area contributed by atoms with Crippen molar-refractivity contribution in [1.29, 1.82) is 0 Å². The molecule has 0 spiro atoms. The summed E-state index contributed by atoms with van der Waals surface area (Å²) in [6.07, 6.45) is 6.61. The van der Waals surface area contributed by atoms with Crippen LogP contribution in [0.1, 0.15) is 65.2 Å². The van der Waals surface area contributed by atoms with Crippen molar-refractivity contribution in [1.82, 2.24) is 4.90 Å². The van der Waals surface area contributed by atoms with Gasteiger partial charge in [0.05, 0.1) is 0 Å². The highest BCUT2D eigenvalue weighted by Crippen LogP contribution is 2.21. The molecule has 1 atom stereocenters. The van der Waals surface area contributed by atoms with Gasteiger partial charge in [-0.25, -0.2) is 0 Å². The van der Waals surface area contributed by atoms with Gasteiger partial charge in [0.25, 0.3) is 0 Å². The van der Waals surface area contributed by atoms with Crippen LogP contribution >= 0.6 is 0 Å². The first-order valence-electron chi connectivity index (χ1n) is 11.3. The van der Waals surface area contributed by atoms with E-state index in [1.54, 1.807) is 0 Å². The molecule has 30 heavy (non-hydrogen) atoms. The normalized spacial score (nSPS) is 11.9. The van der Waals surface area contributed by atoms with Crippen LogP contribution in [-0.2, 0) is 9.59 Å². The van der Waals surface area contributed by atoms with Crippen molar-refractivity contribution < 1.29 is 14.7 Å². The van der Waals surface area contributed by atoms with Crippen LogP contribution in [0, 0.1) is 0 Å². The lowest BCUT2D eigenvalue weighted by Gasteiger charge is -2.28. The van der Waals surface area contributed by atoms with E-state index in [-0.39, 0.29) is 18.7 Å². The number of benzene rings is 2. The Labute approximate surface area is 180 Å². The lowest BCUT2D eigenvalue weighted by Crippen LogP contribution is -2.44. The van der Waals surface area contributed by atoms with Crippen LogP contribution in [0.15, 0.2) is 42.5 Å². The van der Waals surface area contributed by atoms with E-state index in [1.807, 2.05) is 41.3 Å². The maximum Gasteiger partial charge on any atom is 0.303 e. The summed E-state index contributed by atoms with van der Waals surface area (Å²) >= 11 is 0. The topological polar surface area (TPSA) is 69.6 Å². The van der Waals surface area contributed by atoms with Gasteiger partial charge in [0.15, 0.2) is 0 Å². The third-order valence-electron chi connectivity index (χ3n) is 5.41. The zero-order valence-corrected chi connectivity index (χ0v) is 18.4. The predicted molar refractivity (Wildman–Crippen MR) is 124 cm³/mol. The summed E-state index contributed by atoms with van der Waals surface area (Å²) in [5.41, 5.74) is 0.847. The average molecular weight is 413 g/mol. The number of carbonyl (C=O) groups is 2. The van der Waals surface area contributed by atoms with Crippen LogP contribution < -0.4 is 5.32 Å². The van der Waals surface area contributed by atoms with Gasteiger partial charge in [0.1, 0.15) is 6.04 Å².